The Morgan fingerprint density at radius 3 is 1.07 bits per heavy atom. The summed E-state index contributed by atoms with van der Waals surface area (Å²) >= 11 is 0. The van der Waals surface area contributed by atoms with Gasteiger partial charge in [0.15, 0.2) is 0 Å². The third-order valence-electron chi connectivity index (χ3n) is 7.03. The average molecular weight is 381 g/mol. The van der Waals surface area contributed by atoms with Crippen molar-refractivity contribution in [3.8, 4) is 0 Å². The van der Waals surface area contributed by atoms with Crippen molar-refractivity contribution < 1.29 is 0 Å². The van der Waals surface area contributed by atoms with Gasteiger partial charge in [0.25, 0.3) is 0 Å². The minimum atomic E-state index is 0.361. The third-order valence-corrected chi connectivity index (χ3v) is 7.03. The minimum absolute atomic E-state index is 0.361. The molecule has 0 aromatic heterocycles. The topological polar surface area (TPSA) is 6.48 Å². The van der Waals surface area contributed by atoms with Crippen molar-refractivity contribution in [2.45, 2.75) is 113 Å². The number of likely N-dealkylation sites (tertiary alicyclic amines) is 2. The molecule has 2 heteroatoms. The molecule has 2 fully saturated rings. The Morgan fingerprint density at radius 1 is 0.481 bits per heavy atom. The van der Waals surface area contributed by atoms with E-state index < -0.39 is 0 Å². The molecule has 0 radical (unpaired) electrons. The van der Waals surface area contributed by atoms with Crippen molar-refractivity contribution in [1.29, 1.82) is 0 Å². The molecule has 2 aliphatic heterocycles. The van der Waals surface area contributed by atoms with Crippen LogP contribution in [0.25, 0.3) is 0 Å². The molecule has 1 atom stereocenters. The molecule has 0 saturated carbocycles. The lowest BCUT2D eigenvalue weighted by Gasteiger charge is -2.44. The maximum atomic E-state index is 2.62. The summed E-state index contributed by atoms with van der Waals surface area (Å²) in [4.78, 5) is 5.23. The highest BCUT2D eigenvalue weighted by molar-refractivity contribution is 4.89. The largest absolute Gasteiger partial charge is 0.298 e. The maximum absolute atomic E-state index is 2.62. The summed E-state index contributed by atoms with van der Waals surface area (Å²) in [6.45, 7) is 33.3. The van der Waals surface area contributed by atoms with Crippen LogP contribution in [0.5, 0.6) is 0 Å². The van der Waals surface area contributed by atoms with Crippen LogP contribution in [0.4, 0.5) is 0 Å². The van der Waals surface area contributed by atoms with Gasteiger partial charge in [-0.15, -0.1) is 0 Å². The summed E-state index contributed by atoms with van der Waals surface area (Å²) < 4.78 is 0. The number of hydrogen-bond acceptors (Lipinski definition) is 2. The summed E-state index contributed by atoms with van der Waals surface area (Å²) in [7, 11) is 0. The molecule has 0 amide bonds. The SMILES string of the molecule is CC(C)(C)C1CCN(C(C)(C)C)C1.CC(C)(C)C1CCN(C(C)(C)C)CC1. The summed E-state index contributed by atoms with van der Waals surface area (Å²) in [5.41, 5.74) is 1.72. The van der Waals surface area contributed by atoms with Crippen molar-refractivity contribution >= 4 is 0 Å². The predicted molar refractivity (Wildman–Crippen MR) is 122 cm³/mol. The third kappa shape index (κ3) is 8.05. The van der Waals surface area contributed by atoms with Gasteiger partial charge in [-0.1, -0.05) is 41.5 Å². The zero-order chi connectivity index (χ0) is 21.3. The second kappa shape index (κ2) is 8.74. The van der Waals surface area contributed by atoms with Gasteiger partial charge >= 0.3 is 0 Å². The van der Waals surface area contributed by atoms with Crippen LogP contribution in [0, 0.1) is 22.7 Å². The van der Waals surface area contributed by atoms with Gasteiger partial charge in [-0.05, 0) is 103 Å². The second-order valence-corrected chi connectivity index (χ2v) is 13.3. The summed E-state index contributed by atoms with van der Waals surface area (Å²) in [6, 6.07) is 0. The van der Waals surface area contributed by atoms with Crippen molar-refractivity contribution in [2.75, 3.05) is 26.2 Å². The smallest absolute Gasteiger partial charge is 0.0125 e. The molecule has 2 heterocycles. The van der Waals surface area contributed by atoms with E-state index in [4.69, 9.17) is 0 Å². The van der Waals surface area contributed by atoms with E-state index in [1.807, 2.05) is 0 Å². The lowest BCUT2D eigenvalue weighted by atomic mass is 9.75. The van der Waals surface area contributed by atoms with Gasteiger partial charge in [0.2, 0.25) is 0 Å². The van der Waals surface area contributed by atoms with Crippen molar-refractivity contribution in [1.82, 2.24) is 9.80 Å². The van der Waals surface area contributed by atoms with Gasteiger partial charge in [0.1, 0.15) is 0 Å². The molecule has 0 aromatic carbocycles. The molecular weight excluding hydrogens is 328 g/mol. The highest BCUT2D eigenvalue weighted by Crippen LogP contribution is 2.36. The van der Waals surface area contributed by atoms with Gasteiger partial charge in [0, 0.05) is 17.6 Å². The predicted octanol–water partition coefficient (Wildman–Crippen LogP) is 6.70. The highest BCUT2D eigenvalue weighted by Gasteiger charge is 2.36. The quantitative estimate of drug-likeness (QED) is 0.461. The molecule has 27 heavy (non-hydrogen) atoms. The first-order valence-electron chi connectivity index (χ1n) is 11.4. The Labute approximate surface area is 172 Å². The van der Waals surface area contributed by atoms with Gasteiger partial charge in [-0.3, -0.25) is 9.80 Å². The lowest BCUT2D eigenvalue weighted by Crippen LogP contribution is -2.47. The normalized spacial score (nSPS) is 24.7. The Morgan fingerprint density at radius 2 is 0.815 bits per heavy atom. The molecule has 2 saturated heterocycles. The Balaban J connectivity index is 0.000000271. The molecule has 1 unspecified atom stereocenters. The first-order valence-corrected chi connectivity index (χ1v) is 11.4. The fourth-order valence-electron chi connectivity index (χ4n) is 4.49. The Hall–Kier alpha value is -0.0800. The maximum Gasteiger partial charge on any atom is 0.0125 e. The van der Waals surface area contributed by atoms with Gasteiger partial charge in [-0.2, -0.15) is 0 Å². The zero-order valence-corrected chi connectivity index (χ0v) is 21.0. The molecule has 2 nitrogen and oxygen atoms in total. The number of nitrogens with zero attached hydrogens (tertiary/aromatic N) is 2. The Kier molecular flexibility index (Phi) is 8.08. The molecule has 0 spiro atoms. The molecule has 0 aromatic rings. The van der Waals surface area contributed by atoms with Gasteiger partial charge < -0.3 is 0 Å². The average Bonchev–Trinajstić information content (AvgIpc) is 2.96. The van der Waals surface area contributed by atoms with Crippen LogP contribution in [-0.4, -0.2) is 47.1 Å². The van der Waals surface area contributed by atoms with Crippen LogP contribution in [0.3, 0.4) is 0 Å². The first kappa shape index (κ1) is 25.0. The lowest BCUT2D eigenvalue weighted by molar-refractivity contribution is 0.0532. The van der Waals surface area contributed by atoms with Crippen LogP contribution in [-0.2, 0) is 0 Å². The monoisotopic (exact) mass is 380 g/mol. The van der Waals surface area contributed by atoms with Crippen LogP contribution in [0.15, 0.2) is 0 Å². The molecule has 0 N–H and O–H groups in total. The molecule has 0 bridgehead atoms. The standard InChI is InChI=1S/C13H27N.C12H25N/c1-12(2,3)11-7-9-14(10-8-11)13(4,5)6;1-11(2,3)10-7-8-13(9-10)12(4,5)6/h11H,7-10H2,1-6H3;10H,7-9H2,1-6H3. The Bertz CT molecular complexity index is 389. The van der Waals surface area contributed by atoms with E-state index in [0.29, 0.717) is 21.9 Å². The van der Waals surface area contributed by atoms with E-state index in [0.717, 1.165) is 11.8 Å². The van der Waals surface area contributed by atoms with E-state index in [2.05, 4.69) is 92.9 Å². The summed E-state index contributed by atoms with van der Waals surface area (Å²) in [5.74, 6) is 1.80. The molecule has 2 rings (SSSR count). The number of rotatable bonds is 0. The second-order valence-electron chi connectivity index (χ2n) is 13.3. The minimum Gasteiger partial charge on any atom is -0.298 e. The van der Waals surface area contributed by atoms with Crippen molar-refractivity contribution in [2.24, 2.45) is 22.7 Å². The zero-order valence-electron chi connectivity index (χ0n) is 21.0. The number of hydrogen-bond donors (Lipinski definition) is 0. The van der Waals surface area contributed by atoms with E-state index in [-0.39, 0.29) is 0 Å². The summed E-state index contributed by atoms with van der Waals surface area (Å²) in [5, 5.41) is 0. The molecule has 2 aliphatic rings. The van der Waals surface area contributed by atoms with E-state index in [1.165, 1.54) is 45.4 Å². The number of piperidine rings is 1. The van der Waals surface area contributed by atoms with E-state index in [9.17, 15) is 0 Å². The fraction of sp³-hybridized carbons (Fsp3) is 1.00. The molecule has 0 aliphatic carbocycles. The van der Waals surface area contributed by atoms with E-state index >= 15 is 0 Å². The van der Waals surface area contributed by atoms with Gasteiger partial charge in [0.05, 0.1) is 0 Å². The van der Waals surface area contributed by atoms with Crippen molar-refractivity contribution in [3.05, 3.63) is 0 Å². The fourth-order valence-corrected chi connectivity index (χ4v) is 4.49. The van der Waals surface area contributed by atoms with Gasteiger partial charge in [-0.25, -0.2) is 0 Å². The highest BCUT2D eigenvalue weighted by atomic mass is 15.2. The van der Waals surface area contributed by atoms with Crippen LogP contribution < -0.4 is 0 Å². The van der Waals surface area contributed by atoms with E-state index in [1.54, 1.807) is 0 Å². The van der Waals surface area contributed by atoms with Crippen molar-refractivity contribution in [3.63, 3.8) is 0 Å². The summed E-state index contributed by atoms with van der Waals surface area (Å²) in [6.07, 6.45) is 4.13. The van der Waals surface area contributed by atoms with Crippen LogP contribution >= 0.6 is 0 Å². The first-order chi connectivity index (χ1) is 11.9. The molecular formula is C25H52N2. The van der Waals surface area contributed by atoms with Crippen LogP contribution in [0.1, 0.15) is 102 Å². The van der Waals surface area contributed by atoms with Crippen LogP contribution in [0.2, 0.25) is 0 Å². The molecule has 162 valence electrons.